The smallest absolute Gasteiger partial charge is 0.366 e. The predicted octanol–water partition coefficient (Wildman–Crippen LogP) is 3.36. The van der Waals surface area contributed by atoms with Gasteiger partial charge in [-0.2, -0.15) is 0 Å². The molecule has 1 aromatic rings. The van der Waals surface area contributed by atoms with E-state index < -0.39 is 16.6 Å². The van der Waals surface area contributed by atoms with Crippen LogP contribution in [0.2, 0.25) is 0 Å². The Morgan fingerprint density at radius 3 is 2.12 bits per heavy atom. The molecular weight excluding hydrogens is 240 g/mol. The number of halogens is 1. The van der Waals surface area contributed by atoms with Crippen LogP contribution in [0.25, 0.3) is 0 Å². The first-order valence-corrected chi connectivity index (χ1v) is 5.75. The van der Waals surface area contributed by atoms with Crippen molar-refractivity contribution in [2.45, 2.75) is 38.4 Å². The molecular formula is C13H17ClO3. The summed E-state index contributed by atoms with van der Waals surface area (Å²) in [6.45, 7) is 6.80. The molecule has 0 bridgehead atoms. The van der Waals surface area contributed by atoms with E-state index >= 15 is 0 Å². The number of rotatable bonds is 3. The van der Waals surface area contributed by atoms with Crippen molar-refractivity contribution in [1.82, 2.24) is 0 Å². The van der Waals surface area contributed by atoms with Crippen molar-refractivity contribution < 1.29 is 14.3 Å². The number of ether oxygens (including phenoxy) is 2. The van der Waals surface area contributed by atoms with Crippen LogP contribution in [0.1, 0.15) is 27.7 Å². The lowest BCUT2D eigenvalue weighted by molar-refractivity contribution is -0.165. The number of alkyl halides is 1. The van der Waals surface area contributed by atoms with Gasteiger partial charge in [-0.15, -0.1) is 0 Å². The zero-order chi connectivity index (χ0) is 13.1. The van der Waals surface area contributed by atoms with Gasteiger partial charge in [-0.25, -0.2) is 4.79 Å². The molecule has 0 N–H and O–H groups in total. The minimum absolute atomic E-state index is 0.524. The summed E-state index contributed by atoms with van der Waals surface area (Å²) in [6, 6.07) is 8.91. The van der Waals surface area contributed by atoms with Crippen LogP contribution < -0.4 is 4.74 Å². The van der Waals surface area contributed by atoms with Crippen molar-refractivity contribution in [3.05, 3.63) is 30.3 Å². The van der Waals surface area contributed by atoms with Gasteiger partial charge < -0.3 is 9.47 Å². The molecule has 1 unspecified atom stereocenters. The predicted molar refractivity (Wildman–Crippen MR) is 67.2 cm³/mol. The van der Waals surface area contributed by atoms with Gasteiger partial charge in [-0.3, -0.25) is 0 Å². The van der Waals surface area contributed by atoms with E-state index in [1.54, 1.807) is 45.0 Å². The average Bonchev–Trinajstić information content (AvgIpc) is 2.15. The molecule has 1 rings (SSSR count). The molecule has 0 aromatic heterocycles. The Morgan fingerprint density at radius 2 is 1.65 bits per heavy atom. The van der Waals surface area contributed by atoms with Crippen LogP contribution in [0.15, 0.2) is 30.3 Å². The van der Waals surface area contributed by atoms with Gasteiger partial charge in [0, 0.05) is 6.92 Å². The fourth-order valence-electron chi connectivity index (χ4n) is 1.12. The van der Waals surface area contributed by atoms with Gasteiger partial charge in [0.25, 0.3) is 5.06 Å². The number of carbonyl (C=O) groups is 1. The first kappa shape index (κ1) is 13.8. The molecule has 0 aliphatic carbocycles. The van der Waals surface area contributed by atoms with E-state index in [1.807, 2.05) is 6.07 Å². The lowest BCUT2D eigenvalue weighted by Crippen LogP contribution is -2.41. The fraction of sp³-hybridized carbons (Fsp3) is 0.462. The minimum Gasteiger partial charge on any atom is -0.461 e. The van der Waals surface area contributed by atoms with Gasteiger partial charge in [-0.1, -0.05) is 29.8 Å². The summed E-state index contributed by atoms with van der Waals surface area (Å²) in [7, 11) is 0. The minimum atomic E-state index is -1.52. The molecule has 1 aromatic carbocycles. The number of esters is 1. The molecule has 0 spiro atoms. The van der Waals surface area contributed by atoms with Crippen LogP contribution in [0.3, 0.4) is 0 Å². The van der Waals surface area contributed by atoms with Crippen LogP contribution in [-0.4, -0.2) is 16.6 Å². The van der Waals surface area contributed by atoms with Crippen molar-refractivity contribution in [3.8, 4) is 5.75 Å². The molecule has 0 fully saturated rings. The highest BCUT2D eigenvalue weighted by atomic mass is 35.5. The second-order valence-corrected chi connectivity index (χ2v) is 5.56. The zero-order valence-electron chi connectivity index (χ0n) is 10.5. The Hall–Kier alpha value is -1.22. The Balaban J connectivity index is 2.72. The highest BCUT2D eigenvalue weighted by molar-refractivity contribution is 6.32. The number of hydrogen-bond acceptors (Lipinski definition) is 3. The maximum absolute atomic E-state index is 11.8. The molecule has 94 valence electrons. The highest BCUT2D eigenvalue weighted by Gasteiger charge is 2.37. The van der Waals surface area contributed by atoms with Crippen LogP contribution in [0.4, 0.5) is 0 Å². The first-order chi connectivity index (χ1) is 7.71. The highest BCUT2D eigenvalue weighted by Crippen LogP contribution is 2.25. The quantitative estimate of drug-likeness (QED) is 0.615. The molecule has 3 nitrogen and oxygen atoms in total. The molecule has 0 saturated carbocycles. The van der Waals surface area contributed by atoms with Crippen LogP contribution in [0, 0.1) is 0 Å². The Labute approximate surface area is 107 Å². The van der Waals surface area contributed by atoms with E-state index in [-0.39, 0.29) is 0 Å². The van der Waals surface area contributed by atoms with Gasteiger partial charge in [0.05, 0.1) is 0 Å². The van der Waals surface area contributed by atoms with Crippen molar-refractivity contribution in [2.24, 2.45) is 0 Å². The third kappa shape index (κ3) is 4.65. The Morgan fingerprint density at radius 1 is 1.12 bits per heavy atom. The molecule has 0 saturated heterocycles. The van der Waals surface area contributed by atoms with Crippen molar-refractivity contribution in [2.75, 3.05) is 0 Å². The van der Waals surface area contributed by atoms with Gasteiger partial charge in [0.2, 0.25) is 0 Å². The maximum atomic E-state index is 11.8. The maximum Gasteiger partial charge on any atom is 0.366 e. The second-order valence-electron chi connectivity index (χ2n) is 4.83. The average molecular weight is 257 g/mol. The zero-order valence-corrected chi connectivity index (χ0v) is 11.2. The lowest BCUT2D eigenvalue weighted by atomic mass is 10.2. The third-order valence-corrected chi connectivity index (χ3v) is 2.05. The monoisotopic (exact) mass is 256 g/mol. The number of hydrogen-bond donors (Lipinski definition) is 0. The van der Waals surface area contributed by atoms with Crippen molar-refractivity contribution in [1.29, 1.82) is 0 Å². The van der Waals surface area contributed by atoms with Gasteiger partial charge in [0.1, 0.15) is 11.4 Å². The number of para-hydroxylation sites is 1. The first-order valence-electron chi connectivity index (χ1n) is 5.37. The lowest BCUT2D eigenvalue weighted by Gasteiger charge is -2.27. The second kappa shape index (κ2) is 4.96. The Kier molecular flexibility index (Phi) is 4.04. The van der Waals surface area contributed by atoms with E-state index in [0.717, 1.165) is 0 Å². The molecule has 4 heteroatoms. The van der Waals surface area contributed by atoms with Crippen molar-refractivity contribution >= 4 is 17.6 Å². The summed E-state index contributed by atoms with van der Waals surface area (Å²) < 4.78 is 10.6. The molecule has 0 aliphatic heterocycles. The SMILES string of the molecule is CC(C)(C)OC(=O)C(C)(Cl)Oc1ccccc1. The van der Waals surface area contributed by atoms with Crippen LogP contribution in [0.5, 0.6) is 5.75 Å². The van der Waals surface area contributed by atoms with E-state index in [4.69, 9.17) is 21.1 Å². The summed E-state index contributed by atoms with van der Waals surface area (Å²) in [6.07, 6.45) is 0. The van der Waals surface area contributed by atoms with Crippen LogP contribution >= 0.6 is 11.6 Å². The molecule has 0 heterocycles. The molecule has 1 atom stereocenters. The molecule has 0 aliphatic rings. The summed E-state index contributed by atoms with van der Waals surface area (Å²) in [5.74, 6) is -0.0774. The summed E-state index contributed by atoms with van der Waals surface area (Å²) in [5, 5.41) is -1.52. The fourth-order valence-corrected chi connectivity index (χ4v) is 1.25. The van der Waals surface area contributed by atoms with Crippen LogP contribution in [-0.2, 0) is 9.53 Å². The molecule has 17 heavy (non-hydrogen) atoms. The molecule has 0 amide bonds. The molecule has 0 radical (unpaired) electrons. The van der Waals surface area contributed by atoms with Gasteiger partial charge in [-0.05, 0) is 32.9 Å². The van der Waals surface area contributed by atoms with E-state index in [1.165, 1.54) is 6.92 Å². The summed E-state index contributed by atoms with van der Waals surface area (Å²) in [4.78, 5) is 11.8. The van der Waals surface area contributed by atoms with Gasteiger partial charge >= 0.3 is 5.97 Å². The van der Waals surface area contributed by atoms with Gasteiger partial charge in [0.15, 0.2) is 0 Å². The number of benzene rings is 1. The Bertz CT molecular complexity index is 379. The largest absolute Gasteiger partial charge is 0.461 e. The normalized spacial score (nSPS) is 14.9. The van der Waals surface area contributed by atoms with Crippen molar-refractivity contribution in [3.63, 3.8) is 0 Å². The van der Waals surface area contributed by atoms with E-state index in [2.05, 4.69) is 0 Å². The topological polar surface area (TPSA) is 35.5 Å². The van der Waals surface area contributed by atoms with E-state index in [9.17, 15) is 4.79 Å². The van der Waals surface area contributed by atoms with E-state index in [0.29, 0.717) is 5.75 Å². The number of carbonyl (C=O) groups excluding carboxylic acids is 1. The summed E-state index contributed by atoms with van der Waals surface area (Å²) in [5.41, 5.74) is -0.590. The summed E-state index contributed by atoms with van der Waals surface area (Å²) >= 11 is 6.03. The third-order valence-electron chi connectivity index (χ3n) is 1.82. The standard InChI is InChI=1S/C13H17ClO3/c1-12(2,3)17-11(15)13(4,14)16-10-8-6-5-7-9-10/h5-9H,1-4H3.